The Balaban J connectivity index is 3.27. The van der Waals surface area contributed by atoms with Crippen LogP contribution in [0.25, 0.3) is 0 Å². The number of ether oxygens (including phenoxy) is 1. The Kier molecular flexibility index (Phi) is 2.74. The fraction of sp³-hybridized carbons (Fsp3) is 1.00. The van der Waals surface area contributed by atoms with E-state index in [1.807, 2.05) is 0 Å². The largest absolute Gasteiger partial charge is 0.422 e. The van der Waals surface area contributed by atoms with E-state index in [2.05, 4.69) is 4.74 Å². The summed E-state index contributed by atoms with van der Waals surface area (Å²) in [5.41, 5.74) is 0. The van der Waals surface area contributed by atoms with E-state index in [-0.39, 0.29) is 6.92 Å². The summed E-state index contributed by atoms with van der Waals surface area (Å²) < 4.78 is 93.8. The molecule has 1 nitrogen and oxygen atoms in total. The van der Waals surface area contributed by atoms with Crippen LogP contribution in [0.3, 0.4) is 0 Å². The van der Waals surface area contributed by atoms with Gasteiger partial charge in [0, 0.05) is 6.42 Å². The molecule has 1 rings (SSSR count). The van der Waals surface area contributed by atoms with Crippen molar-refractivity contribution in [3.63, 3.8) is 0 Å². The van der Waals surface area contributed by atoms with Gasteiger partial charge in [0.05, 0.1) is 5.92 Å². The molecule has 0 aliphatic carbocycles. The summed E-state index contributed by atoms with van der Waals surface area (Å²) in [6.45, 7) is 0.973. The number of alkyl halides is 7. The second-order valence-corrected chi connectivity index (χ2v) is 3.67. The minimum atomic E-state index is -5.25. The fourth-order valence-electron chi connectivity index (χ4n) is 1.45. The summed E-state index contributed by atoms with van der Waals surface area (Å²) in [5.74, 6) is -17.1. The Morgan fingerprint density at radius 2 is 1.38 bits per heavy atom. The summed E-state index contributed by atoms with van der Waals surface area (Å²) in [6.07, 6.45) is -6.41. The predicted octanol–water partition coefficient (Wildman–Crippen LogP) is 3.59. The van der Waals surface area contributed by atoms with Gasteiger partial charge in [-0.1, -0.05) is 13.8 Å². The van der Waals surface area contributed by atoms with Gasteiger partial charge >= 0.3 is 18.0 Å². The highest BCUT2D eigenvalue weighted by Crippen LogP contribution is 2.58. The summed E-state index contributed by atoms with van der Waals surface area (Å²) in [4.78, 5) is 0. The molecule has 1 aliphatic heterocycles. The summed E-state index contributed by atoms with van der Waals surface area (Å²) in [6, 6.07) is 0. The molecule has 1 aliphatic rings. The molecular weight excluding hydrogens is 245 g/mol. The monoisotopic (exact) mass is 254 g/mol. The molecule has 0 bridgehead atoms. The Morgan fingerprint density at radius 3 is 1.75 bits per heavy atom. The van der Waals surface area contributed by atoms with Crippen LogP contribution in [0.1, 0.15) is 20.3 Å². The summed E-state index contributed by atoms with van der Waals surface area (Å²) in [5, 5.41) is 0. The first kappa shape index (κ1) is 13.5. The third kappa shape index (κ3) is 1.42. The van der Waals surface area contributed by atoms with E-state index in [1.165, 1.54) is 0 Å². The van der Waals surface area contributed by atoms with Crippen LogP contribution >= 0.6 is 0 Å². The Morgan fingerprint density at radius 1 is 0.938 bits per heavy atom. The van der Waals surface area contributed by atoms with Crippen molar-refractivity contribution in [1.82, 2.24) is 0 Å². The van der Waals surface area contributed by atoms with Gasteiger partial charge in [-0.15, -0.1) is 0 Å². The van der Waals surface area contributed by atoms with Crippen LogP contribution < -0.4 is 0 Å². The highest BCUT2D eigenvalue weighted by Gasteiger charge is 2.80. The van der Waals surface area contributed by atoms with Crippen LogP contribution in [-0.2, 0) is 4.74 Å². The Labute approximate surface area is 86.6 Å². The molecule has 8 heteroatoms. The van der Waals surface area contributed by atoms with Crippen molar-refractivity contribution in [2.45, 2.75) is 44.1 Å². The number of hydrogen-bond donors (Lipinski definition) is 0. The number of rotatable bonds is 1. The molecule has 1 heterocycles. The third-order valence-electron chi connectivity index (χ3n) is 2.72. The minimum absolute atomic E-state index is 0.167. The van der Waals surface area contributed by atoms with Crippen LogP contribution in [0, 0.1) is 5.92 Å². The molecule has 96 valence electrons. The number of halogens is 7. The van der Waals surface area contributed by atoms with Crippen molar-refractivity contribution < 1.29 is 35.5 Å². The van der Waals surface area contributed by atoms with E-state index in [0.29, 0.717) is 0 Å². The molecule has 0 radical (unpaired) electrons. The molecule has 2 atom stereocenters. The first-order valence-corrected chi connectivity index (χ1v) is 4.45. The van der Waals surface area contributed by atoms with E-state index in [4.69, 9.17) is 0 Å². The molecule has 0 aromatic carbocycles. The molecule has 0 aromatic heterocycles. The van der Waals surface area contributed by atoms with Gasteiger partial charge in [-0.05, 0) is 0 Å². The molecule has 0 spiro atoms. The van der Waals surface area contributed by atoms with Crippen LogP contribution in [0.15, 0.2) is 0 Å². The van der Waals surface area contributed by atoms with Gasteiger partial charge < -0.3 is 0 Å². The third-order valence-corrected chi connectivity index (χ3v) is 2.72. The van der Waals surface area contributed by atoms with Crippen molar-refractivity contribution in [1.29, 1.82) is 0 Å². The lowest BCUT2D eigenvalue weighted by atomic mass is 9.86. The van der Waals surface area contributed by atoms with Crippen LogP contribution in [-0.4, -0.2) is 23.8 Å². The second-order valence-electron chi connectivity index (χ2n) is 3.67. The van der Waals surface area contributed by atoms with E-state index in [9.17, 15) is 30.7 Å². The smallest absolute Gasteiger partial charge is 0.272 e. The first-order chi connectivity index (χ1) is 6.92. The zero-order chi connectivity index (χ0) is 13.0. The maximum absolute atomic E-state index is 13.4. The highest BCUT2D eigenvalue weighted by molar-refractivity contribution is 5.03. The topological polar surface area (TPSA) is 9.23 Å². The molecule has 1 saturated heterocycles. The molecule has 0 amide bonds. The van der Waals surface area contributed by atoms with E-state index < -0.39 is 36.1 Å². The summed E-state index contributed by atoms with van der Waals surface area (Å²) in [7, 11) is 0. The van der Waals surface area contributed by atoms with Crippen molar-refractivity contribution in [2.75, 3.05) is 0 Å². The molecule has 0 aromatic rings. The van der Waals surface area contributed by atoms with Crippen LogP contribution in [0.2, 0.25) is 0 Å². The lowest BCUT2D eigenvalue weighted by Gasteiger charge is -2.47. The lowest BCUT2D eigenvalue weighted by molar-refractivity contribution is -0.494. The van der Waals surface area contributed by atoms with Gasteiger partial charge in [0.1, 0.15) is 0 Å². The Bertz CT molecular complexity index is 287. The molecule has 2 unspecified atom stereocenters. The average molecular weight is 254 g/mol. The molecular formula is C8H9F7O. The lowest BCUT2D eigenvalue weighted by Crippen LogP contribution is -2.68. The molecule has 1 fully saturated rings. The zero-order valence-electron chi connectivity index (χ0n) is 8.34. The normalized spacial score (nSPS) is 40.7. The molecule has 16 heavy (non-hydrogen) atoms. The van der Waals surface area contributed by atoms with Crippen molar-refractivity contribution in [2.24, 2.45) is 5.92 Å². The fourth-order valence-corrected chi connectivity index (χ4v) is 1.45. The average Bonchev–Trinajstić information content (AvgIpc) is 2.13. The Hall–Kier alpha value is -0.530. The van der Waals surface area contributed by atoms with Crippen LogP contribution in [0.5, 0.6) is 0 Å². The highest BCUT2D eigenvalue weighted by atomic mass is 19.3. The van der Waals surface area contributed by atoms with Crippen molar-refractivity contribution in [3.05, 3.63) is 0 Å². The zero-order valence-corrected chi connectivity index (χ0v) is 8.34. The van der Waals surface area contributed by atoms with Gasteiger partial charge in [-0.25, -0.2) is 4.39 Å². The second kappa shape index (κ2) is 3.24. The quantitative estimate of drug-likeness (QED) is 0.650. The molecule has 0 N–H and O–H groups in total. The van der Waals surface area contributed by atoms with Crippen LogP contribution in [0.4, 0.5) is 30.7 Å². The van der Waals surface area contributed by atoms with Gasteiger partial charge in [0.25, 0.3) is 5.85 Å². The standard InChI is InChI=1S/C8H9F7O/c1-3-5(9)6(10,11)4(2)7(12,13)8(14,15)16-5/h4H,3H2,1-2H3. The van der Waals surface area contributed by atoms with Crippen molar-refractivity contribution >= 4 is 0 Å². The van der Waals surface area contributed by atoms with Gasteiger partial charge in [-0.2, -0.15) is 26.3 Å². The van der Waals surface area contributed by atoms with E-state index in [1.54, 1.807) is 0 Å². The SMILES string of the molecule is CCC1(F)OC(F)(F)C(F)(F)C(C)C1(F)F. The maximum Gasteiger partial charge on any atom is 0.422 e. The number of hydrogen-bond acceptors (Lipinski definition) is 1. The minimum Gasteiger partial charge on any atom is -0.272 e. The van der Waals surface area contributed by atoms with Gasteiger partial charge in [-0.3, -0.25) is 4.74 Å². The molecule has 0 saturated carbocycles. The van der Waals surface area contributed by atoms with Gasteiger partial charge in [0.2, 0.25) is 0 Å². The maximum atomic E-state index is 13.4. The van der Waals surface area contributed by atoms with E-state index >= 15 is 0 Å². The summed E-state index contributed by atoms with van der Waals surface area (Å²) >= 11 is 0. The van der Waals surface area contributed by atoms with E-state index in [0.717, 1.165) is 6.92 Å². The first-order valence-electron chi connectivity index (χ1n) is 4.45. The van der Waals surface area contributed by atoms with Crippen molar-refractivity contribution in [3.8, 4) is 0 Å². The predicted molar refractivity (Wildman–Crippen MR) is 39.2 cm³/mol. The van der Waals surface area contributed by atoms with Gasteiger partial charge in [0.15, 0.2) is 0 Å².